The zero-order valence-electron chi connectivity index (χ0n) is 38.3. The first-order chi connectivity index (χ1) is 22.8. The number of rotatable bonds is 5. The molecule has 1 aliphatic carbocycles. The van der Waals surface area contributed by atoms with Gasteiger partial charge in [0.15, 0.2) is 0 Å². The van der Waals surface area contributed by atoms with Crippen molar-refractivity contribution in [2.24, 2.45) is 10.8 Å². The molecule has 2 heterocycles. The molecule has 1 fully saturated rings. The van der Waals surface area contributed by atoms with Crippen molar-refractivity contribution in [1.82, 2.24) is 0 Å². The zero-order valence-corrected chi connectivity index (χ0v) is 44.4. The van der Waals surface area contributed by atoms with Crippen LogP contribution in [0.25, 0.3) is 6.08 Å². The third kappa shape index (κ3) is 6.68. The number of hydrogen-bond donors (Lipinski definition) is 0. The molecule has 7 heteroatoms. The van der Waals surface area contributed by atoms with E-state index in [2.05, 4.69) is 185 Å². The molecule has 1 saturated heterocycles. The van der Waals surface area contributed by atoms with E-state index >= 15 is 0 Å². The van der Waals surface area contributed by atoms with Crippen molar-refractivity contribution in [3.63, 3.8) is 0 Å². The molecule has 292 valence electrons. The predicted molar refractivity (Wildman–Crippen MR) is 245 cm³/mol. The molecular formula is C45H80GeO2Si4. The standard InChI is InChI=1S/C45H80GeO2Si4/c1-40(2,3)34-27-32(28-35(38(34)47)41(4,5)6)26-33-29-36(42(7,8)9)39-37(30-33)43(10,11)31-46(48-39)44(49(12,13)14,50(15,16)17)24-25-45(46,51(18,19)20)52(21,22)23/h26-30H,24-25,31H2,1-23H3. The molecule has 0 N–H and O–H groups in total. The average molecular weight is 838 g/mol. The fourth-order valence-corrected chi connectivity index (χ4v) is 89.5. The number of benzene rings is 1. The van der Waals surface area contributed by atoms with Gasteiger partial charge in [-0.05, 0) is 0 Å². The first-order valence-electron chi connectivity index (χ1n) is 20.4. The van der Waals surface area contributed by atoms with E-state index in [9.17, 15) is 4.79 Å². The van der Waals surface area contributed by atoms with Crippen molar-refractivity contribution in [1.29, 1.82) is 0 Å². The molecule has 0 saturated carbocycles. The van der Waals surface area contributed by atoms with Crippen LogP contribution in [0.15, 0.2) is 41.0 Å². The minimum atomic E-state index is -3.40. The maximum atomic E-state index is 13.8. The van der Waals surface area contributed by atoms with Crippen molar-refractivity contribution in [3.8, 4) is 5.75 Å². The summed E-state index contributed by atoms with van der Waals surface area (Å²) in [6.45, 7) is 58.5. The number of carbonyl (C=O) groups is 1. The Bertz CT molecular complexity index is 1590. The van der Waals surface area contributed by atoms with E-state index in [0.717, 1.165) is 16.7 Å². The number of Topliss-reactive ketones (excluding diaryl/α,β-unsaturated/α-hetero) is 1. The van der Waals surface area contributed by atoms with Crippen molar-refractivity contribution in [2.45, 2.75) is 191 Å². The van der Waals surface area contributed by atoms with E-state index in [1.165, 1.54) is 40.5 Å². The van der Waals surface area contributed by atoms with Gasteiger partial charge in [0.1, 0.15) is 0 Å². The number of fused-ring (bicyclic) bond motifs is 1. The van der Waals surface area contributed by atoms with Crippen molar-refractivity contribution in [3.05, 3.63) is 57.7 Å². The second-order valence-electron chi connectivity index (χ2n) is 25.1. The monoisotopic (exact) mass is 838 g/mol. The van der Waals surface area contributed by atoms with Gasteiger partial charge in [0.25, 0.3) is 0 Å². The first kappa shape index (κ1) is 44.0. The molecule has 1 aromatic rings. The van der Waals surface area contributed by atoms with Gasteiger partial charge >= 0.3 is 331 Å². The SMILES string of the molecule is CC(C)(C)C1=CC(=Cc2cc(C(C)(C)C)c3c(c2)C(C)(C)[CH2][Ge]2([O]3)[C]([Si](C)(C)C)([Si](C)(C)C)CC[C]2([Si](C)(C)C)[Si](C)(C)C)C=C(C(C)(C)C)C1=O. The Hall–Kier alpha value is -0.680. The maximum absolute atomic E-state index is 13.8. The van der Waals surface area contributed by atoms with Crippen molar-refractivity contribution in [2.75, 3.05) is 0 Å². The molecule has 52 heavy (non-hydrogen) atoms. The van der Waals surface area contributed by atoms with Crippen molar-refractivity contribution < 1.29 is 8.56 Å². The predicted octanol–water partition coefficient (Wildman–Crippen LogP) is 14.3. The summed E-state index contributed by atoms with van der Waals surface area (Å²) in [4.78, 5) is 13.8. The molecule has 0 bridgehead atoms. The second-order valence-corrected chi connectivity index (χ2v) is 59.9. The Morgan fingerprint density at radius 1 is 0.635 bits per heavy atom. The molecule has 1 spiro atoms. The van der Waals surface area contributed by atoms with Gasteiger partial charge in [0.2, 0.25) is 0 Å². The van der Waals surface area contributed by atoms with Gasteiger partial charge in [-0.25, -0.2) is 0 Å². The Balaban J connectivity index is 2.18. The van der Waals surface area contributed by atoms with Gasteiger partial charge in [0.05, 0.1) is 0 Å². The van der Waals surface area contributed by atoms with Crippen LogP contribution < -0.4 is 3.76 Å². The Kier molecular flexibility index (Phi) is 10.7. The topological polar surface area (TPSA) is 26.3 Å². The van der Waals surface area contributed by atoms with E-state index in [1.54, 1.807) is 0 Å². The van der Waals surface area contributed by atoms with Crippen LogP contribution in [0.3, 0.4) is 0 Å². The van der Waals surface area contributed by atoms with Gasteiger partial charge in [-0.2, -0.15) is 0 Å². The molecular weight excluding hydrogens is 757 g/mol. The van der Waals surface area contributed by atoms with Crippen LogP contribution >= 0.6 is 0 Å². The summed E-state index contributed by atoms with van der Waals surface area (Å²) in [5, 5.41) is 1.28. The Morgan fingerprint density at radius 3 is 1.35 bits per heavy atom. The van der Waals surface area contributed by atoms with E-state index in [0.29, 0.717) is 6.99 Å². The molecule has 0 radical (unpaired) electrons. The summed E-state index contributed by atoms with van der Waals surface area (Å²) in [5.41, 5.74) is 6.42. The number of carbonyl (C=O) groups excluding carboxylic acids is 1. The normalized spacial score (nSPS) is 22.1. The van der Waals surface area contributed by atoms with Gasteiger partial charge < -0.3 is 0 Å². The third-order valence-electron chi connectivity index (χ3n) is 14.1. The fourth-order valence-electron chi connectivity index (χ4n) is 12.7. The molecule has 0 unspecified atom stereocenters. The van der Waals surface area contributed by atoms with Crippen LogP contribution in [0.1, 0.15) is 106 Å². The molecule has 0 aromatic heterocycles. The summed E-state index contributed by atoms with van der Waals surface area (Å²) in [7, 11) is -6.95. The van der Waals surface area contributed by atoms with Crippen LogP contribution in [-0.2, 0) is 15.6 Å². The first-order valence-corrected chi connectivity index (χ1v) is 38.9. The summed E-state index contributed by atoms with van der Waals surface area (Å²) < 4.78 is 9.47. The number of hydrogen-bond acceptors (Lipinski definition) is 2. The molecule has 0 amide bonds. The molecule has 4 rings (SSSR count). The second kappa shape index (κ2) is 12.7. The summed E-state index contributed by atoms with van der Waals surface area (Å²) in [5.74, 6) is 1.48. The van der Waals surface area contributed by atoms with Crippen LogP contribution in [0.4, 0.5) is 0 Å². The van der Waals surface area contributed by atoms with Gasteiger partial charge in [-0.1, -0.05) is 0 Å². The fraction of sp³-hybridized carbons (Fsp3) is 0.711. The summed E-state index contributed by atoms with van der Waals surface area (Å²) >= 11 is -3.40. The van der Waals surface area contributed by atoms with Crippen molar-refractivity contribution >= 4 is 57.8 Å². The van der Waals surface area contributed by atoms with E-state index in [1.807, 2.05) is 0 Å². The number of allylic oxidation sites excluding steroid dienone is 5. The Labute approximate surface area is 329 Å². The summed E-state index contributed by atoms with van der Waals surface area (Å²) in [6, 6.07) is 4.99. The van der Waals surface area contributed by atoms with E-state index in [4.69, 9.17) is 3.76 Å². The van der Waals surface area contributed by atoms with E-state index in [-0.39, 0.29) is 27.4 Å². The van der Waals surface area contributed by atoms with E-state index < -0.39 is 45.9 Å². The van der Waals surface area contributed by atoms with Crippen LogP contribution in [0, 0.1) is 10.8 Å². The molecule has 2 nitrogen and oxygen atoms in total. The zero-order chi connectivity index (χ0) is 40.5. The molecule has 1 aromatic carbocycles. The summed E-state index contributed by atoms with van der Waals surface area (Å²) in [6.07, 6.45) is 9.53. The van der Waals surface area contributed by atoms with Gasteiger partial charge in [-0.3, -0.25) is 0 Å². The van der Waals surface area contributed by atoms with Gasteiger partial charge in [-0.15, -0.1) is 0 Å². The quantitative estimate of drug-likeness (QED) is 0.276. The van der Waals surface area contributed by atoms with Gasteiger partial charge in [0, 0.05) is 0 Å². The van der Waals surface area contributed by atoms with Crippen LogP contribution in [-0.4, -0.2) is 51.7 Å². The average Bonchev–Trinajstić information content (AvgIpc) is 3.19. The third-order valence-corrected chi connectivity index (χ3v) is 72.5. The molecule has 0 atom stereocenters. The number of ketones is 1. The Morgan fingerprint density at radius 2 is 1.02 bits per heavy atom. The molecule has 2 aliphatic heterocycles. The molecule has 3 aliphatic rings. The minimum absolute atomic E-state index is 0.00287. The van der Waals surface area contributed by atoms with Crippen LogP contribution in [0.5, 0.6) is 5.75 Å². The van der Waals surface area contributed by atoms with Crippen LogP contribution in [0.2, 0.25) is 90.8 Å².